The summed E-state index contributed by atoms with van der Waals surface area (Å²) in [6.07, 6.45) is -0.767. The predicted octanol–water partition coefficient (Wildman–Crippen LogP) is 2.87. The van der Waals surface area contributed by atoms with Crippen LogP contribution >= 0.6 is 23.2 Å². The molecule has 3 rings (SSSR count). The SMILES string of the molecule is CC(On1nnc2ccc(Cl)cc21)C(=O)NCc1ccccc1Cl. The Kier molecular flexibility index (Phi) is 4.87. The first-order valence-electron chi connectivity index (χ1n) is 7.24. The lowest BCUT2D eigenvalue weighted by Gasteiger charge is -2.14. The molecule has 1 amide bonds. The van der Waals surface area contributed by atoms with Gasteiger partial charge in [-0.15, -0.1) is 5.10 Å². The highest BCUT2D eigenvalue weighted by Crippen LogP contribution is 2.17. The third-order valence-electron chi connectivity index (χ3n) is 3.42. The van der Waals surface area contributed by atoms with E-state index in [1.807, 2.05) is 18.2 Å². The fourth-order valence-corrected chi connectivity index (χ4v) is 2.48. The summed E-state index contributed by atoms with van der Waals surface area (Å²) in [5, 5.41) is 11.7. The molecule has 2 aromatic carbocycles. The Morgan fingerprint density at radius 3 is 2.88 bits per heavy atom. The zero-order valence-electron chi connectivity index (χ0n) is 12.7. The van der Waals surface area contributed by atoms with Crippen LogP contribution in [0.5, 0.6) is 0 Å². The van der Waals surface area contributed by atoms with Crippen LogP contribution in [-0.2, 0) is 11.3 Å². The molecule has 1 atom stereocenters. The van der Waals surface area contributed by atoms with Gasteiger partial charge in [0, 0.05) is 16.6 Å². The van der Waals surface area contributed by atoms with Crippen LogP contribution in [0.3, 0.4) is 0 Å². The van der Waals surface area contributed by atoms with Gasteiger partial charge in [0.25, 0.3) is 5.91 Å². The molecule has 1 N–H and O–H groups in total. The van der Waals surface area contributed by atoms with Crippen molar-refractivity contribution in [1.82, 2.24) is 20.5 Å². The van der Waals surface area contributed by atoms with Gasteiger partial charge >= 0.3 is 0 Å². The number of carbonyl (C=O) groups is 1. The molecule has 24 heavy (non-hydrogen) atoms. The average molecular weight is 365 g/mol. The van der Waals surface area contributed by atoms with Crippen LogP contribution in [0.4, 0.5) is 0 Å². The van der Waals surface area contributed by atoms with Crippen molar-refractivity contribution in [3.8, 4) is 0 Å². The Morgan fingerprint density at radius 1 is 1.29 bits per heavy atom. The molecular formula is C16H14Cl2N4O2. The second-order valence-electron chi connectivity index (χ2n) is 5.15. The molecule has 0 saturated carbocycles. The molecule has 0 radical (unpaired) electrons. The predicted molar refractivity (Wildman–Crippen MR) is 91.9 cm³/mol. The second kappa shape index (κ2) is 7.07. The van der Waals surface area contributed by atoms with Crippen molar-refractivity contribution in [3.05, 3.63) is 58.1 Å². The summed E-state index contributed by atoms with van der Waals surface area (Å²) in [7, 11) is 0. The third-order valence-corrected chi connectivity index (χ3v) is 4.02. The van der Waals surface area contributed by atoms with Gasteiger partial charge in [-0.05, 0) is 42.0 Å². The van der Waals surface area contributed by atoms with E-state index < -0.39 is 6.10 Å². The van der Waals surface area contributed by atoms with Crippen molar-refractivity contribution < 1.29 is 9.63 Å². The van der Waals surface area contributed by atoms with Crippen LogP contribution in [0.2, 0.25) is 10.0 Å². The average Bonchev–Trinajstić information content (AvgIpc) is 2.96. The summed E-state index contributed by atoms with van der Waals surface area (Å²) in [4.78, 5) is 18.9. The number of amides is 1. The second-order valence-corrected chi connectivity index (χ2v) is 6.00. The van der Waals surface area contributed by atoms with Crippen molar-refractivity contribution in [2.75, 3.05) is 0 Å². The fraction of sp³-hybridized carbons (Fsp3) is 0.188. The van der Waals surface area contributed by atoms with Crippen molar-refractivity contribution in [2.45, 2.75) is 19.6 Å². The van der Waals surface area contributed by atoms with Gasteiger partial charge in [0.15, 0.2) is 0 Å². The highest BCUT2D eigenvalue weighted by molar-refractivity contribution is 6.31. The molecule has 0 aliphatic carbocycles. The lowest BCUT2D eigenvalue weighted by molar-refractivity contribution is -0.133. The Bertz CT molecular complexity index is 881. The summed E-state index contributed by atoms with van der Waals surface area (Å²) in [6, 6.07) is 12.4. The maximum atomic E-state index is 12.2. The van der Waals surface area contributed by atoms with Crippen molar-refractivity contribution in [3.63, 3.8) is 0 Å². The van der Waals surface area contributed by atoms with Gasteiger partial charge in [-0.2, -0.15) is 0 Å². The molecule has 1 unspecified atom stereocenters. The van der Waals surface area contributed by atoms with Gasteiger partial charge in [0.05, 0.1) is 0 Å². The van der Waals surface area contributed by atoms with Crippen LogP contribution < -0.4 is 10.2 Å². The van der Waals surface area contributed by atoms with Gasteiger partial charge < -0.3 is 10.2 Å². The van der Waals surface area contributed by atoms with Crippen molar-refractivity contribution >= 4 is 40.1 Å². The largest absolute Gasteiger partial charge is 0.382 e. The number of halogens is 2. The van der Waals surface area contributed by atoms with E-state index in [9.17, 15) is 4.79 Å². The van der Waals surface area contributed by atoms with Crippen LogP contribution in [0.25, 0.3) is 11.0 Å². The zero-order valence-corrected chi connectivity index (χ0v) is 14.3. The number of nitrogens with one attached hydrogen (secondary N) is 1. The number of fused-ring (bicyclic) bond motifs is 1. The molecule has 3 aromatic rings. The first-order chi connectivity index (χ1) is 11.5. The van der Waals surface area contributed by atoms with Crippen LogP contribution in [-0.4, -0.2) is 27.2 Å². The molecule has 0 saturated heterocycles. The Balaban J connectivity index is 1.65. The minimum absolute atomic E-state index is 0.291. The number of benzene rings is 2. The normalized spacial score (nSPS) is 12.1. The van der Waals surface area contributed by atoms with Gasteiger partial charge in [-0.3, -0.25) is 4.79 Å². The minimum atomic E-state index is -0.767. The quantitative estimate of drug-likeness (QED) is 0.755. The van der Waals surface area contributed by atoms with Crippen LogP contribution in [0.15, 0.2) is 42.5 Å². The molecule has 1 aromatic heterocycles. The van der Waals surface area contributed by atoms with E-state index >= 15 is 0 Å². The van der Waals surface area contributed by atoms with E-state index in [0.717, 1.165) is 5.56 Å². The van der Waals surface area contributed by atoms with Gasteiger partial charge in [-0.1, -0.05) is 46.2 Å². The summed E-state index contributed by atoms with van der Waals surface area (Å²) in [6.45, 7) is 1.94. The molecular weight excluding hydrogens is 351 g/mol. The minimum Gasteiger partial charge on any atom is -0.382 e. The van der Waals surface area contributed by atoms with Crippen LogP contribution in [0, 0.1) is 0 Å². The summed E-state index contributed by atoms with van der Waals surface area (Å²) >= 11 is 12.0. The van der Waals surface area contributed by atoms with E-state index in [1.165, 1.54) is 4.85 Å². The summed E-state index contributed by atoms with van der Waals surface area (Å²) in [5.41, 5.74) is 2.05. The summed E-state index contributed by atoms with van der Waals surface area (Å²) < 4.78 is 0. The first-order valence-corrected chi connectivity index (χ1v) is 7.99. The lowest BCUT2D eigenvalue weighted by atomic mass is 10.2. The van der Waals surface area contributed by atoms with Gasteiger partial charge in [0.2, 0.25) is 6.10 Å². The van der Waals surface area contributed by atoms with Crippen molar-refractivity contribution in [2.24, 2.45) is 0 Å². The molecule has 6 nitrogen and oxygen atoms in total. The van der Waals surface area contributed by atoms with Crippen LogP contribution in [0.1, 0.15) is 12.5 Å². The smallest absolute Gasteiger partial charge is 0.263 e. The molecule has 124 valence electrons. The van der Waals surface area contributed by atoms with Gasteiger partial charge in [0.1, 0.15) is 11.0 Å². The molecule has 8 heteroatoms. The standard InChI is InChI=1S/C16H14Cl2N4O2/c1-10(16(23)19-9-11-4-2-3-5-13(11)18)24-22-15-8-12(17)6-7-14(15)20-21-22/h2-8,10H,9H2,1H3,(H,19,23). The Labute approximate surface area is 148 Å². The Morgan fingerprint density at radius 2 is 2.08 bits per heavy atom. The van der Waals surface area contributed by atoms with E-state index in [2.05, 4.69) is 15.6 Å². The number of hydrogen-bond acceptors (Lipinski definition) is 4. The number of rotatable bonds is 5. The maximum Gasteiger partial charge on any atom is 0.263 e. The van der Waals surface area contributed by atoms with E-state index in [4.69, 9.17) is 28.0 Å². The number of hydrogen-bond donors (Lipinski definition) is 1. The topological polar surface area (TPSA) is 69.0 Å². The number of carbonyl (C=O) groups excluding carboxylic acids is 1. The first kappa shape index (κ1) is 16.5. The third kappa shape index (κ3) is 3.60. The highest BCUT2D eigenvalue weighted by Gasteiger charge is 2.17. The van der Waals surface area contributed by atoms with E-state index in [1.54, 1.807) is 31.2 Å². The van der Waals surface area contributed by atoms with E-state index in [-0.39, 0.29) is 5.91 Å². The monoisotopic (exact) mass is 364 g/mol. The number of aromatic nitrogens is 3. The molecule has 0 aliphatic heterocycles. The number of nitrogens with zero attached hydrogens (tertiary/aromatic N) is 3. The molecule has 0 spiro atoms. The van der Waals surface area contributed by atoms with Crippen molar-refractivity contribution in [1.29, 1.82) is 0 Å². The molecule has 0 aliphatic rings. The Hall–Kier alpha value is -2.31. The fourth-order valence-electron chi connectivity index (χ4n) is 2.11. The molecule has 1 heterocycles. The maximum absolute atomic E-state index is 12.2. The summed E-state index contributed by atoms with van der Waals surface area (Å²) in [5.74, 6) is -0.291. The van der Waals surface area contributed by atoms with E-state index in [0.29, 0.717) is 27.6 Å². The van der Waals surface area contributed by atoms with Gasteiger partial charge in [-0.25, -0.2) is 0 Å². The highest BCUT2D eigenvalue weighted by atomic mass is 35.5. The lowest BCUT2D eigenvalue weighted by Crippen LogP contribution is -2.39. The zero-order chi connectivity index (χ0) is 17.1. The molecule has 0 fully saturated rings. The molecule has 0 bridgehead atoms.